The van der Waals surface area contributed by atoms with Crippen molar-refractivity contribution in [1.29, 1.82) is 0 Å². The summed E-state index contributed by atoms with van der Waals surface area (Å²) in [5.41, 5.74) is 0.578. The Kier molecular flexibility index (Phi) is 6.25. The maximum absolute atomic E-state index is 12.8. The van der Waals surface area contributed by atoms with Crippen LogP contribution in [0.3, 0.4) is 0 Å². The van der Waals surface area contributed by atoms with Crippen molar-refractivity contribution in [2.45, 2.75) is 24.2 Å². The Morgan fingerprint density at radius 1 is 0.931 bits per heavy atom. The van der Waals surface area contributed by atoms with Crippen LogP contribution in [-0.2, 0) is 20.0 Å². The first kappa shape index (κ1) is 21.3. The highest BCUT2D eigenvalue weighted by molar-refractivity contribution is 7.92. The molecule has 3 rings (SSSR count). The average molecular weight is 438 g/mol. The van der Waals surface area contributed by atoms with Gasteiger partial charge in [-0.3, -0.25) is 9.52 Å². The SMILES string of the molecule is CS(=O)(=O)Nc1ccccc1C(=O)Nc1cccc(S(=O)(=O)N2CCCCC2)c1. The summed E-state index contributed by atoms with van der Waals surface area (Å²) in [6.45, 7) is 0.979. The van der Waals surface area contributed by atoms with E-state index in [1.165, 1.54) is 28.6 Å². The highest BCUT2D eigenvalue weighted by Gasteiger charge is 2.26. The normalized spacial score (nSPS) is 15.6. The van der Waals surface area contributed by atoms with Gasteiger partial charge in [-0.05, 0) is 43.2 Å². The summed E-state index contributed by atoms with van der Waals surface area (Å²) in [7, 11) is -7.19. The third-order valence-corrected chi connectivity index (χ3v) is 7.00. The lowest BCUT2D eigenvalue weighted by molar-refractivity contribution is 0.102. The van der Waals surface area contributed by atoms with Crippen molar-refractivity contribution in [1.82, 2.24) is 4.31 Å². The molecule has 10 heteroatoms. The monoisotopic (exact) mass is 437 g/mol. The Morgan fingerprint density at radius 2 is 1.62 bits per heavy atom. The predicted molar refractivity (Wildman–Crippen MR) is 112 cm³/mol. The molecule has 1 amide bonds. The molecule has 2 N–H and O–H groups in total. The summed E-state index contributed by atoms with van der Waals surface area (Å²) >= 11 is 0. The summed E-state index contributed by atoms with van der Waals surface area (Å²) in [6, 6.07) is 12.2. The van der Waals surface area contributed by atoms with E-state index in [-0.39, 0.29) is 16.1 Å². The lowest BCUT2D eigenvalue weighted by Gasteiger charge is -2.26. The van der Waals surface area contributed by atoms with Gasteiger partial charge in [-0.25, -0.2) is 16.8 Å². The minimum Gasteiger partial charge on any atom is -0.322 e. The van der Waals surface area contributed by atoms with Gasteiger partial charge in [0.15, 0.2) is 0 Å². The van der Waals surface area contributed by atoms with Gasteiger partial charge in [-0.2, -0.15) is 4.31 Å². The molecule has 0 unspecified atom stereocenters. The highest BCUT2D eigenvalue weighted by atomic mass is 32.2. The number of carbonyl (C=O) groups is 1. The highest BCUT2D eigenvalue weighted by Crippen LogP contribution is 2.24. The third kappa shape index (κ3) is 5.34. The van der Waals surface area contributed by atoms with Gasteiger partial charge >= 0.3 is 0 Å². The first-order valence-electron chi connectivity index (χ1n) is 9.15. The molecule has 156 valence electrons. The van der Waals surface area contributed by atoms with Crippen molar-refractivity contribution < 1.29 is 21.6 Å². The van der Waals surface area contributed by atoms with Gasteiger partial charge in [0.2, 0.25) is 20.0 Å². The van der Waals surface area contributed by atoms with E-state index >= 15 is 0 Å². The van der Waals surface area contributed by atoms with E-state index in [9.17, 15) is 21.6 Å². The van der Waals surface area contributed by atoms with Crippen LogP contribution in [0.15, 0.2) is 53.4 Å². The molecule has 0 saturated carbocycles. The second-order valence-corrected chi connectivity index (χ2v) is 10.6. The van der Waals surface area contributed by atoms with E-state index in [1.807, 2.05) is 0 Å². The van der Waals surface area contributed by atoms with Gasteiger partial charge < -0.3 is 5.32 Å². The van der Waals surface area contributed by atoms with Crippen LogP contribution in [0.5, 0.6) is 0 Å². The number of nitrogens with one attached hydrogen (secondary N) is 2. The van der Waals surface area contributed by atoms with E-state index in [0.717, 1.165) is 25.5 Å². The Balaban J connectivity index is 1.83. The minimum atomic E-state index is -3.63. The van der Waals surface area contributed by atoms with Gasteiger partial charge in [-0.1, -0.05) is 24.6 Å². The average Bonchev–Trinajstić information content (AvgIpc) is 2.68. The fourth-order valence-corrected chi connectivity index (χ4v) is 5.30. The molecule has 1 heterocycles. The first-order valence-corrected chi connectivity index (χ1v) is 12.5. The molecule has 1 aliphatic rings. The molecule has 1 fully saturated rings. The number of sulfonamides is 2. The van der Waals surface area contributed by atoms with Crippen molar-refractivity contribution >= 4 is 37.3 Å². The Bertz CT molecular complexity index is 1110. The van der Waals surface area contributed by atoms with Crippen LogP contribution in [0, 0.1) is 0 Å². The Labute approximate surface area is 171 Å². The zero-order valence-electron chi connectivity index (χ0n) is 16.0. The number of nitrogens with zero attached hydrogens (tertiary/aromatic N) is 1. The van der Waals surface area contributed by atoms with Crippen LogP contribution < -0.4 is 10.0 Å². The number of para-hydroxylation sites is 1. The van der Waals surface area contributed by atoms with Gasteiger partial charge in [-0.15, -0.1) is 0 Å². The second kappa shape index (κ2) is 8.52. The zero-order valence-corrected chi connectivity index (χ0v) is 17.6. The summed E-state index contributed by atoms with van der Waals surface area (Å²) < 4.78 is 52.5. The van der Waals surface area contributed by atoms with Crippen LogP contribution in [-0.4, -0.2) is 46.4 Å². The van der Waals surface area contributed by atoms with Gasteiger partial charge in [0.25, 0.3) is 5.91 Å². The number of anilines is 2. The van der Waals surface area contributed by atoms with Gasteiger partial charge in [0.1, 0.15) is 0 Å². The molecule has 0 bridgehead atoms. The van der Waals surface area contributed by atoms with Crippen LogP contribution in [0.4, 0.5) is 11.4 Å². The molecule has 0 spiro atoms. The largest absolute Gasteiger partial charge is 0.322 e. The Morgan fingerprint density at radius 3 is 2.31 bits per heavy atom. The Hall–Kier alpha value is -2.43. The summed E-state index contributed by atoms with van der Waals surface area (Å²) in [6.07, 6.45) is 3.68. The molecule has 2 aromatic rings. The van der Waals surface area contributed by atoms with Crippen LogP contribution in [0.25, 0.3) is 0 Å². The second-order valence-electron chi connectivity index (χ2n) is 6.87. The minimum absolute atomic E-state index is 0.111. The van der Waals surface area contributed by atoms with E-state index in [1.54, 1.807) is 24.3 Å². The lowest BCUT2D eigenvalue weighted by atomic mass is 10.1. The lowest BCUT2D eigenvalue weighted by Crippen LogP contribution is -2.35. The maximum Gasteiger partial charge on any atom is 0.257 e. The quantitative estimate of drug-likeness (QED) is 0.721. The topological polar surface area (TPSA) is 113 Å². The van der Waals surface area contributed by atoms with Crippen LogP contribution in [0.2, 0.25) is 0 Å². The zero-order chi connectivity index (χ0) is 21.1. The predicted octanol–water partition coefficient (Wildman–Crippen LogP) is 2.49. The molecule has 1 aliphatic heterocycles. The number of hydrogen-bond acceptors (Lipinski definition) is 5. The smallest absolute Gasteiger partial charge is 0.257 e. The van der Waals surface area contributed by atoms with Gasteiger partial charge in [0.05, 0.1) is 22.4 Å². The number of carbonyl (C=O) groups excluding carboxylic acids is 1. The number of benzene rings is 2. The fraction of sp³-hybridized carbons (Fsp3) is 0.316. The molecule has 0 aromatic heterocycles. The molecule has 0 aliphatic carbocycles. The van der Waals surface area contributed by atoms with Gasteiger partial charge in [0, 0.05) is 18.8 Å². The standard InChI is InChI=1S/C19H23N3O5S2/c1-28(24,25)21-18-11-4-3-10-17(18)19(23)20-15-8-7-9-16(14-15)29(26,27)22-12-5-2-6-13-22/h3-4,7-11,14,21H,2,5-6,12-13H2,1H3,(H,20,23). The molecule has 1 saturated heterocycles. The van der Waals surface area contributed by atoms with E-state index in [0.29, 0.717) is 18.8 Å². The number of amides is 1. The van der Waals surface area contributed by atoms with Crippen molar-refractivity contribution in [2.75, 3.05) is 29.4 Å². The van der Waals surface area contributed by atoms with Crippen molar-refractivity contribution in [3.63, 3.8) is 0 Å². The molecule has 29 heavy (non-hydrogen) atoms. The van der Waals surface area contributed by atoms with E-state index in [4.69, 9.17) is 0 Å². The number of hydrogen-bond donors (Lipinski definition) is 2. The third-order valence-electron chi connectivity index (χ3n) is 4.51. The molecular weight excluding hydrogens is 414 g/mol. The number of piperidine rings is 1. The molecule has 0 atom stereocenters. The van der Waals surface area contributed by atoms with Crippen molar-refractivity contribution in [2.24, 2.45) is 0 Å². The first-order chi connectivity index (χ1) is 13.7. The molecule has 0 radical (unpaired) electrons. The van der Waals surface area contributed by atoms with Crippen molar-refractivity contribution in [3.8, 4) is 0 Å². The van der Waals surface area contributed by atoms with Crippen LogP contribution >= 0.6 is 0 Å². The number of rotatable bonds is 6. The molecular formula is C19H23N3O5S2. The summed E-state index contributed by atoms with van der Waals surface area (Å²) in [5.74, 6) is -0.552. The van der Waals surface area contributed by atoms with E-state index < -0.39 is 26.0 Å². The van der Waals surface area contributed by atoms with Crippen molar-refractivity contribution in [3.05, 3.63) is 54.1 Å². The molecule has 8 nitrogen and oxygen atoms in total. The summed E-state index contributed by atoms with van der Waals surface area (Å²) in [5, 5.41) is 2.64. The van der Waals surface area contributed by atoms with Crippen LogP contribution in [0.1, 0.15) is 29.6 Å². The fourth-order valence-electron chi connectivity index (χ4n) is 3.16. The van der Waals surface area contributed by atoms with E-state index in [2.05, 4.69) is 10.0 Å². The summed E-state index contributed by atoms with van der Waals surface area (Å²) in [4.78, 5) is 12.8. The molecule has 2 aromatic carbocycles. The maximum atomic E-state index is 12.8.